The predicted molar refractivity (Wildman–Crippen MR) is 264 cm³/mol. The number of imide groups is 1. The number of esters is 1. The van der Waals surface area contributed by atoms with Gasteiger partial charge in [-0.2, -0.15) is 0 Å². The first-order valence-electron chi connectivity index (χ1n) is 23.8. The van der Waals surface area contributed by atoms with Crippen LogP contribution in [0.4, 0.5) is 4.79 Å². The van der Waals surface area contributed by atoms with Crippen molar-refractivity contribution in [3.63, 3.8) is 0 Å². The number of hydrogen-bond acceptors (Lipinski definition) is 12. The molecule has 0 saturated heterocycles. The molecule has 3 aromatic heterocycles. The Bertz CT molecular complexity index is 2720. The summed E-state index contributed by atoms with van der Waals surface area (Å²) in [4.78, 5) is 89.0. The molecule has 0 spiro atoms. The fraction of sp³-hybridized carbons (Fsp3) is 0.519. The lowest BCUT2D eigenvalue weighted by atomic mass is 9.84. The van der Waals surface area contributed by atoms with Crippen molar-refractivity contribution in [2.75, 3.05) is 59.7 Å². The van der Waals surface area contributed by atoms with Gasteiger partial charge in [0.15, 0.2) is 0 Å². The van der Waals surface area contributed by atoms with E-state index in [9.17, 15) is 19.2 Å². The molecule has 0 fully saturated rings. The Labute approximate surface area is 404 Å². The molecule has 3 aliphatic heterocycles. The van der Waals surface area contributed by atoms with Crippen LogP contribution in [0.2, 0.25) is 0 Å². The van der Waals surface area contributed by atoms with E-state index in [1.54, 1.807) is 38.8 Å². The summed E-state index contributed by atoms with van der Waals surface area (Å²) >= 11 is 0. The largest absolute Gasteiger partial charge is 0.457 e. The molecule has 372 valence electrons. The summed E-state index contributed by atoms with van der Waals surface area (Å²) in [5, 5.41) is 11.8. The van der Waals surface area contributed by atoms with Gasteiger partial charge in [0.2, 0.25) is 5.91 Å². The van der Waals surface area contributed by atoms with Gasteiger partial charge in [0, 0.05) is 72.3 Å². The van der Waals surface area contributed by atoms with Gasteiger partial charge in [0.05, 0.1) is 73.3 Å². The number of aliphatic hydroxyl groups excluding tert-OH is 1. The normalized spacial score (nSPS) is 16.2. The zero-order valence-electron chi connectivity index (χ0n) is 42.2. The maximum atomic E-state index is 15.1. The quantitative estimate of drug-likeness (QED) is 0.0439. The van der Waals surface area contributed by atoms with E-state index in [2.05, 4.69) is 22.2 Å². The van der Waals surface area contributed by atoms with E-state index in [1.165, 1.54) is 11.0 Å². The highest BCUT2D eigenvalue weighted by atomic mass is 16.6. The lowest BCUT2D eigenvalue weighted by molar-refractivity contribution is -0.148. The Balaban J connectivity index is 1.53. The number of ether oxygens (including phenoxy) is 4. The van der Waals surface area contributed by atoms with Gasteiger partial charge >= 0.3 is 12.1 Å². The zero-order chi connectivity index (χ0) is 50.5. The highest BCUT2D eigenvalue weighted by Gasteiger charge is 2.41. The van der Waals surface area contributed by atoms with Crippen LogP contribution in [-0.4, -0.2) is 136 Å². The van der Waals surface area contributed by atoms with Crippen LogP contribution in [0, 0.1) is 13.8 Å². The molecule has 6 rings (SSSR count). The van der Waals surface area contributed by atoms with Gasteiger partial charge in [-0.3, -0.25) is 24.3 Å². The molecular weight excluding hydrogens is 883 g/mol. The number of H-pyrrole nitrogens is 2. The van der Waals surface area contributed by atoms with Crippen LogP contribution in [0.15, 0.2) is 24.3 Å². The molecule has 3 aliphatic rings. The second kappa shape index (κ2) is 21.6. The maximum Gasteiger partial charge on any atom is 0.407 e. The molecule has 4 N–H and O–H groups in total. The Morgan fingerprint density at radius 1 is 0.855 bits per heavy atom. The number of aromatic amines is 2. The minimum atomic E-state index is -0.683. The molecule has 0 saturated carbocycles. The fourth-order valence-electron chi connectivity index (χ4n) is 8.83. The van der Waals surface area contributed by atoms with Crippen molar-refractivity contribution in [1.29, 1.82) is 0 Å². The van der Waals surface area contributed by atoms with E-state index in [1.807, 2.05) is 66.7 Å². The van der Waals surface area contributed by atoms with Crippen LogP contribution in [0.25, 0.3) is 39.3 Å². The summed E-state index contributed by atoms with van der Waals surface area (Å²) < 4.78 is 22.1. The highest BCUT2D eigenvalue weighted by molar-refractivity contribution is 6.23. The van der Waals surface area contributed by atoms with Crippen molar-refractivity contribution >= 4 is 69.1 Å². The first-order chi connectivity index (χ1) is 32.5. The van der Waals surface area contributed by atoms with Gasteiger partial charge in [0.25, 0.3) is 11.8 Å². The Morgan fingerprint density at radius 3 is 2.17 bits per heavy atom. The number of aliphatic hydroxyl groups is 1. The summed E-state index contributed by atoms with van der Waals surface area (Å²) in [7, 11) is 1.67. The summed E-state index contributed by atoms with van der Waals surface area (Å²) in [6.45, 7) is 21.6. The molecule has 2 atom stereocenters. The molecule has 6 heterocycles. The SMILES string of the molecule is CCC1=C(C)c2cc3[nH]c(cc4nc(c5c6[nH]c(cc1n2)c(C)c6C(=O)N(CCOCCOCCO)C5=O)[C@@H](CCC(=O)N(C)CCNC(=O)OC(C)(C)C)[C@@H]4C)c(C)c3/C=C/C(=O)OC(C)(C)C. The third-order valence-corrected chi connectivity index (χ3v) is 12.4. The molecule has 0 unspecified atom stereocenters. The number of carbonyl (C=O) groups excluding carboxylic acids is 5. The molecule has 4 amide bonds. The molecule has 17 heteroatoms. The van der Waals surface area contributed by atoms with Crippen molar-refractivity contribution < 1.29 is 48.0 Å². The molecule has 0 radical (unpaired) electrons. The number of fused-ring (bicyclic) bond motifs is 8. The average molecular weight is 952 g/mol. The number of aryl methyl sites for hydroxylation is 2. The second-order valence-corrected chi connectivity index (χ2v) is 19.7. The van der Waals surface area contributed by atoms with Gasteiger partial charge < -0.3 is 44.2 Å². The van der Waals surface area contributed by atoms with Crippen LogP contribution in [0.3, 0.4) is 0 Å². The van der Waals surface area contributed by atoms with E-state index in [0.717, 1.165) is 33.5 Å². The smallest absolute Gasteiger partial charge is 0.407 e. The highest BCUT2D eigenvalue weighted by Crippen LogP contribution is 2.44. The first kappa shape index (κ1) is 52.2. The number of aromatic nitrogens is 4. The summed E-state index contributed by atoms with van der Waals surface area (Å²) in [5.41, 5.74) is 8.34. The third-order valence-electron chi connectivity index (χ3n) is 12.4. The number of allylic oxidation sites excluding steroid dienone is 2. The Kier molecular flexibility index (Phi) is 16.4. The van der Waals surface area contributed by atoms with E-state index in [4.69, 9.17) is 34.0 Å². The van der Waals surface area contributed by atoms with E-state index < -0.39 is 41.0 Å². The van der Waals surface area contributed by atoms with Gasteiger partial charge in [0.1, 0.15) is 11.2 Å². The molecule has 0 aliphatic carbocycles. The monoisotopic (exact) mass is 952 g/mol. The number of likely N-dealkylation sites (N-methyl/N-ethyl adjacent to an activating group) is 1. The number of amides is 4. The van der Waals surface area contributed by atoms with Crippen LogP contribution >= 0.6 is 0 Å². The summed E-state index contributed by atoms with van der Waals surface area (Å²) in [6.07, 6.45) is 3.66. The van der Waals surface area contributed by atoms with Crippen LogP contribution in [0.5, 0.6) is 0 Å². The summed E-state index contributed by atoms with van der Waals surface area (Å²) in [5.74, 6) is -2.44. The van der Waals surface area contributed by atoms with Crippen LogP contribution in [0.1, 0.15) is 154 Å². The number of nitrogens with zero attached hydrogens (tertiary/aromatic N) is 4. The van der Waals surface area contributed by atoms with Gasteiger partial charge in [-0.05, 0) is 122 Å². The molecule has 3 aromatic rings. The predicted octanol–water partition coefficient (Wildman–Crippen LogP) is 7.90. The number of nitrogens with one attached hydrogen (secondary N) is 3. The molecular formula is C52H69N7O10. The van der Waals surface area contributed by atoms with Crippen molar-refractivity contribution in [1.82, 2.24) is 35.1 Å². The zero-order valence-corrected chi connectivity index (χ0v) is 42.2. The Hall–Kier alpha value is -6.17. The average Bonchev–Trinajstić information content (AvgIpc) is 3.94. The van der Waals surface area contributed by atoms with E-state index in [-0.39, 0.29) is 76.5 Å². The van der Waals surface area contributed by atoms with Crippen molar-refractivity contribution in [3.8, 4) is 0 Å². The minimum Gasteiger partial charge on any atom is -0.457 e. The van der Waals surface area contributed by atoms with E-state index in [0.29, 0.717) is 57.6 Å². The number of rotatable bonds is 17. The fourth-order valence-corrected chi connectivity index (χ4v) is 8.83. The minimum absolute atomic E-state index is 0.0428. The number of hydrogen-bond donors (Lipinski definition) is 4. The molecule has 69 heavy (non-hydrogen) atoms. The molecule has 8 bridgehead atoms. The maximum absolute atomic E-state index is 15.1. The first-order valence-corrected chi connectivity index (χ1v) is 23.8. The number of alkyl carbamates (subject to hydrolysis) is 1. The lowest BCUT2D eigenvalue weighted by Crippen LogP contribution is -2.43. The van der Waals surface area contributed by atoms with Gasteiger partial charge in [-0.15, -0.1) is 0 Å². The van der Waals surface area contributed by atoms with Crippen LogP contribution < -0.4 is 5.32 Å². The van der Waals surface area contributed by atoms with E-state index >= 15 is 4.79 Å². The second-order valence-electron chi connectivity index (χ2n) is 19.7. The van der Waals surface area contributed by atoms with Crippen molar-refractivity contribution in [2.24, 2.45) is 0 Å². The van der Waals surface area contributed by atoms with Gasteiger partial charge in [-0.1, -0.05) is 13.8 Å². The topological polar surface area (TPSA) is 218 Å². The van der Waals surface area contributed by atoms with Gasteiger partial charge in [-0.25, -0.2) is 14.6 Å². The van der Waals surface area contributed by atoms with Crippen LogP contribution in [-0.2, 0) is 28.5 Å². The summed E-state index contributed by atoms with van der Waals surface area (Å²) in [6, 6.07) is 5.84. The van der Waals surface area contributed by atoms with Crippen molar-refractivity contribution in [2.45, 2.75) is 118 Å². The lowest BCUT2D eigenvalue weighted by Gasteiger charge is -2.27. The molecule has 0 aromatic carbocycles. The van der Waals surface area contributed by atoms with Crippen molar-refractivity contribution in [3.05, 3.63) is 74.9 Å². The Morgan fingerprint density at radius 2 is 1.51 bits per heavy atom. The third kappa shape index (κ3) is 12.2. The standard InChI is InChI=1S/C52H69N7O10/c1-13-33-29(2)37-27-41-34(15-17-43(62)68-51(6,7)8)30(3)36(55-41)26-38-31(4)35(14-16-42(61)58(12)19-18-53-50(65)69-52(9,10)11)46(56-38)45-47-44(32(5)39(57-47)28-40(33)54-37)48(63)59(49(45)64)20-22-66-24-25-67-23-21-60/h15,17,26-28,31,35,55,57,60H,13-14,16,18-25H2,1-12H3,(H,53,65)/b17-15+,36-26?,37-27?,38-26?,39-28?,40-28?,41-27?,46-45?/t31-,35-/m0/s1. The number of carbonyl (C=O) groups is 5. The molecule has 17 nitrogen and oxygen atoms in total.